The quantitative estimate of drug-likeness (QED) is 0.300. The number of alkyl halides is 3. The monoisotopic (exact) mass is 571 g/mol. The van der Waals surface area contributed by atoms with E-state index in [1.807, 2.05) is 0 Å². The average molecular weight is 571 g/mol. The summed E-state index contributed by atoms with van der Waals surface area (Å²) >= 11 is 0. The number of hydrogen-bond acceptors (Lipinski definition) is 4. The van der Waals surface area contributed by atoms with Crippen LogP contribution in [0.15, 0.2) is 52.4 Å². The Hall–Kier alpha value is -2.02. The topological polar surface area (TPSA) is 79.8 Å². The van der Waals surface area contributed by atoms with E-state index < -0.39 is 22.6 Å². The molecule has 0 amide bonds. The van der Waals surface area contributed by atoms with Crippen LogP contribution in [0.2, 0.25) is 0 Å². The number of guanidine groups is 1. The van der Waals surface area contributed by atoms with E-state index in [0.717, 1.165) is 11.1 Å². The number of halogens is 4. The Morgan fingerprint density at radius 3 is 2.06 bits per heavy atom. The van der Waals surface area contributed by atoms with Crippen molar-refractivity contribution in [3.05, 3.63) is 59.2 Å². The molecule has 2 aromatic rings. The highest BCUT2D eigenvalue weighted by Crippen LogP contribution is 2.19. The molecule has 11 heteroatoms. The van der Waals surface area contributed by atoms with Crippen LogP contribution in [0.25, 0.3) is 0 Å². The zero-order chi connectivity index (χ0) is 22.4. The molecule has 0 bridgehead atoms. The van der Waals surface area contributed by atoms with Crippen LogP contribution in [0, 0.1) is 6.92 Å². The third kappa shape index (κ3) is 9.33. The molecule has 2 N–H and O–H groups in total. The highest BCUT2D eigenvalue weighted by Gasteiger charge is 2.28. The third-order valence-electron chi connectivity index (χ3n) is 4.11. The second-order valence-corrected chi connectivity index (χ2v) is 8.68. The van der Waals surface area contributed by atoms with E-state index in [1.54, 1.807) is 44.3 Å². The van der Waals surface area contributed by atoms with E-state index in [-0.39, 0.29) is 29.7 Å². The molecule has 172 valence electrons. The van der Waals surface area contributed by atoms with Gasteiger partial charge in [0.2, 0.25) is 0 Å². The minimum atomic E-state index is -4.37. The SMILES string of the molecule is CN=C(NCc1ccc(OCC(F)(F)F)cc1)NCc1ccc(S(C)(=O)=O)c(C)c1.I. The van der Waals surface area contributed by atoms with Crippen molar-refractivity contribution in [2.45, 2.75) is 31.1 Å². The van der Waals surface area contributed by atoms with Gasteiger partial charge in [0.05, 0.1) is 4.90 Å². The molecule has 0 saturated carbocycles. The minimum Gasteiger partial charge on any atom is -0.484 e. The molecular formula is C20H25F3IN3O3S. The number of ether oxygens (including phenoxy) is 1. The van der Waals surface area contributed by atoms with Gasteiger partial charge < -0.3 is 15.4 Å². The molecule has 0 spiro atoms. The van der Waals surface area contributed by atoms with Gasteiger partial charge >= 0.3 is 6.18 Å². The Labute approximate surface area is 197 Å². The van der Waals surface area contributed by atoms with Gasteiger partial charge in [0.25, 0.3) is 0 Å². The van der Waals surface area contributed by atoms with E-state index in [1.165, 1.54) is 18.4 Å². The fourth-order valence-electron chi connectivity index (χ4n) is 2.70. The van der Waals surface area contributed by atoms with Gasteiger partial charge in [-0.05, 0) is 41.8 Å². The molecule has 0 aliphatic rings. The van der Waals surface area contributed by atoms with Crippen LogP contribution >= 0.6 is 24.0 Å². The van der Waals surface area contributed by atoms with Crippen molar-refractivity contribution in [1.82, 2.24) is 10.6 Å². The number of nitrogens with one attached hydrogen (secondary N) is 2. The lowest BCUT2D eigenvalue weighted by Crippen LogP contribution is -2.36. The van der Waals surface area contributed by atoms with Crippen molar-refractivity contribution in [3.8, 4) is 5.75 Å². The van der Waals surface area contributed by atoms with Crippen molar-refractivity contribution in [3.63, 3.8) is 0 Å². The lowest BCUT2D eigenvalue weighted by molar-refractivity contribution is -0.153. The smallest absolute Gasteiger partial charge is 0.422 e. The van der Waals surface area contributed by atoms with Crippen molar-refractivity contribution < 1.29 is 26.3 Å². The standard InChI is InChI=1S/C20H24F3N3O3S.HI/c1-14-10-16(6-9-18(14)30(3,27)28)12-26-19(24-2)25-11-15-4-7-17(8-5-15)29-13-20(21,22)23;/h4-10H,11-13H2,1-3H3,(H2,24,25,26);1H. The predicted octanol–water partition coefficient (Wildman–Crippen LogP) is 3.82. The van der Waals surface area contributed by atoms with Crippen LogP contribution in [0.5, 0.6) is 5.75 Å². The summed E-state index contributed by atoms with van der Waals surface area (Å²) < 4.78 is 64.6. The Kier molecular flexibility index (Phi) is 10.1. The van der Waals surface area contributed by atoms with Crippen molar-refractivity contribution in [2.24, 2.45) is 4.99 Å². The Bertz CT molecular complexity index is 995. The lowest BCUT2D eigenvalue weighted by Gasteiger charge is -2.13. The molecule has 0 fully saturated rings. The molecule has 0 heterocycles. The molecule has 0 unspecified atom stereocenters. The summed E-state index contributed by atoms with van der Waals surface area (Å²) in [6.45, 7) is 1.26. The van der Waals surface area contributed by atoms with Crippen LogP contribution < -0.4 is 15.4 Å². The first kappa shape index (κ1) is 27.0. The largest absolute Gasteiger partial charge is 0.484 e. The van der Waals surface area contributed by atoms with Crippen LogP contribution in [-0.4, -0.2) is 40.5 Å². The van der Waals surface area contributed by atoms with Gasteiger partial charge in [0, 0.05) is 26.4 Å². The lowest BCUT2D eigenvalue weighted by atomic mass is 10.1. The normalized spacial score (nSPS) is 12.1. The Balaban J connectivity index is 0.00000480. The Morgan fingerprint density at radius 2 is 1.58 bits per heavy atom. The van der Waals surface area contributed by atoms with Crippen molar-refractivity contribution in [2.75, 3.05) is 19.9 Å². The first-order valence-corrected chi connectivity index (χ1v) is 10.9. The summed E-state index contributed by atoms with van der Waals surface area (Å²) in [4.78, 5) is 4.42. The fraction of sp³-hybridized carbons (Fsp3) is 0.350. The van der Waals surface area contributed by atoms with Gasteiger partial charge in [0.1, 0.15) is 5.75 Å². The number of benzene rings is 2. The van der Waals surface area contributed by atoms with Crippen LogP contribution in [0.1, 0.15) is 16.7 Å². The molecule has 2 aromatic carbocycles. The number of hydrogen-bond donors (Lipinski definition) is 2. The minimum absolute atomic E-state index is 0. The fourth-order valence-corrected chi connectivity index (χ4v) is 3.66. The molecule has 0 radical (unpaired) electrons. The second-order valence-electron chi connectivity index (χ2n) is 6.70. The second kappa shape index (κ2) is 11.6. The van der Waals surface area contributed by atoms with Gasteiger partial charge in [0.15, 0.2) is 22.4 Å². The third-order valence-corrected chi connectivity index (χ3v) is 5.37. The molecule has 0 atom stereocenters. The molecule has 6 nitrogen and oxygen atoms in total. The molecule has 0 saturated heterocycles. The summed E-state index contributed by atoms with van der Waals surface area (Å²) in [5, 5.41) is 6.23. The maximum atomic E-state index is 12.2. The van der Waals surface area contributed by atoms with E-state index in [9.17, 15) is 21.6 Å². The molecular weight excluding hydrogens is 546 g/mol. The molecule has 31 heavy (non-hydrogen) atoms. The summed E-state index contributed by atoms with van der Waals surface area (Å²) in [6, 6.07) is 11.4. The van der Waals surface area contributed by atoms with E-state index >= 15 is 0 Å². The van der Waals surface area contributed by atoms with Crippen LogP contribution in [0.4, 0.5) is 13.2 Å². The van der Waals surface area contributed by atoms with Gasteiger partial charge in [-0.2, -0.15) is 13.2 Å². The Morgan fingerprint density at radius 1 is 1.03 bits per heavy atom. The van der Waals surface area contributed by atoms with Gasteiger partial charge in [-0.15, -0.1) is 24.0 Å². The van der Waals surface area contributed by atoms with E-state index in [0.29, 0.717) is 29.5 Å². The molecule has 0 aliphatic heterocycles. The van der Waals surface area contributed by atoms with Crippen LogP contribution in [0.3, 0.4) is 0 Å². The van der Waals surface area contributed by atoms with E-state index in [4.69, 9.17) is 0 Å². The number of nitrogens with zero attached hydrogens (tertiary/aromatic N) is 1. The first-order chi connectivity index (χ1) is 14.0. The van der Waals surface area contributed by atoms with Gasteiger partial charge in [-0.1, -0.05) is 24.3 Å². The number of aryl methyl sites for hydroxylation is 1. The first-order valence-electron chi connectivity index (χ1n) is 9.00. The molecule has 2 rings (SSSR count). The predicted molar refractivity (Wildman–Crippen MR) is 125 cm³/mol. The van der Waals surface area contributed by atoms with Crippen LogP contribution in [-0.2, 0) is 22.9 Å². The summed E-state index contributed by atoms with van der Waals surface area (Å²) in [7, 11) is -1.65. The van der Waals surface area contributed by atoms with E-state index in [2.05, 4.69) is 20.4 Å². The molecule has 0 aliphatic carbocycles. The number of sulfone groups is 1. The maximum absolute atomic E-state index is 12.2. The summed E-state index contributed by atoms with van der Waals surface area (Å²) in [5.74, 6) is 0.670. The summed E-state index contributed by atoms with van der Waals surface area (Å²) in [6.07, 6.45) is -3.20. The maximum Gasteiger partial charge on any atom is 0.422 e. The van der Waals surface area contributed by atoms with Gasteiger partial charge in [-0.25, -0.2) is 8.42 Å². The molecule has 0 aromatic heterocycles. The van der Waals surface area contributed by atoms with Crippen molar-refractivity contribution >= 4 is 39.8 Å². The zero-order valence-corrected chi connectivity index (χ0v) is 20.4. The van der Waals surface area contributed by atoms with Crippen molar-refractivity contribution in [1.29, 1.82) is 0 Å². The highest BCUT2D eigenvalue weighted by molar-refractivity contribution is 14.0. The number of aliphatic imine (C=N–C) groups is 1. The highest BCUT2D eigenvalue weighted by atomic mass is 127. The zero-order valence-electron chi connectivity index (χ0n) is 17.3. The van der Waals surface area contributed by atoms with Gasteiger partial charge in [-0.3, -0.25) is 4.99 Å². The number of rotatable bonds is 7. The summed E-state index contributed by atoms with van der Waals surface area (Å²) in [5.41, 5.74) is 2.41. The average Bonchev–Trinajstić information content (AvgIpc) is 2.66.